The SMILES string of the molecule is Cc1nc(-c2ccco2)ccc1C(=O)NCC1CCCO1. The average Bonchev–Trinajstić information content (AvgIpc) is 3.18. The van der Waals surface area contributed by atoms with Crippen molar-refractivity contribution in [2.45, 2.75) is 25.9 Å². The number of amides is 1. The van der Waals surface area contributed by atoms with Gasteiger partial charge in [-0.15, -0.1) is 0 Å². The minimum atomic E-state index is -0.110. The van der Waals surface area contributed by atoms with Crippen LogP contribution in [0.1, 0.15) is 28.9 Å². The van der Waals surface area contributed by atoms with Gasteiger partial charge >= 0.3 is 0 Å². The summed E-state index contributed by atoms with van der Waals surface area (Å²) in [6, 6.07) is 7.24. The number of rotatable bonds is 4. The molecule has 1 aliphatic rings. The Morgan fingerprint density at radius 1 is 1.43 bits per heavy atom. The molecular formula is C16H18N2O3. The van der Waals surface area contributed by atoms with Crippen LogP contribution < -0.4 is 5.32 Å². The van der Waals surface area contributed by atoms with E-state index in [0.29, 0.717) is 23.6 Å². The zero-order chi connectivity index (χ0) is 14.7. The Labute approximate surface area is 123 Å². The van der Waals surface area contributed by atoms with Crippen molar-refractivity contribution in [1.29, 1.82) is 0 Å². The van der Waals surface area contributed by atoms with E-state index in [1.807, 2.05) is 19.1 Å². The third kappa shape index (κ3) is 3.13. The third-order valence-electron chi connectivity index (χ3n) is 3.62. The van der Waals surface area contributed by atoms with Gasteiger partial charge in [0.25, 0.3) is 5.91 Å². The van der Waals surface area contributed by atoms with Crippen LogP contribution in [0.2, 0.25) is 0 Å². The summed E-state index contributed by atoms with van der Waals surface area (Å²) in [5.41, 5.74) is 2.00. The first-order valence-corrected chi connectivity index (χ1v) is 7.15. The molecule has 5 nitrogen and oxygen atoms in total. The molecule has 2 aromatic rings. The molecule has 0 saturated carbocycles. The molecule has 1 atom stereocenters. The molecule has 5 heteroatoms. The van der Waals surface area contributed by atoms with E-state index in [0.717, 1.165) is 25.1 Å². The monoisotopic (exact) mass is 286 g/mol. The largest absolute Gasteiger partial charge is 0.463 e. The summed E-state index contributed by atoms with van der Waals surface area (Å²) >= 11 is 0. The van der Waals surface area contributed by atoms with Crippen LogP contribution in [0, 0.1) is 6.92 Å². The molecule has 1 amide bonds. The van der Waals surface area contributed by atoms with Crippen molar-refractivity contribution >= 4 is 5.91 Å². The van der Waals surface area contributed by atoms with Crippen molar-refractivity contribution in [2.24, 2.45) is 0 Å². The predicted molar refractivity (Wildman–Crippen MR) is 78.0 cm³/mol. The third-order valence-corrected chi connectivity index (χ3v) is 3.62. The summed E-state index contributed by atoms with van der Waals surface area (Å²) in [6.45, 7) is 3.17. The minimum Gasteiger partial charge on any atom is -0.463 e. The predicted octanol–water partition coefficient (Wildman–Crippen LogP) is 2.56. The lowest BCUT2D eigenvalue weighted by Gasteiger charge is -2.12. The van der Waals surface area contributed by atoms with Crippen LogP contribution in [0.4, 0.5) is 0 Å². The number of carbonyl (C=O) groups is 1. The molecule has 0 bridgehead atoms. The number of nitrogens with zero attached hydrogens (tertiary/aromatic N) is 1. The Bertz CT molecular complexity index is 616. The van der Waals surface area contributed by atoms with Crippen molar-refractivity contribution in [3.8, 4) is 11.5 Å². The van der Waals surface area contributed by atoms with Gasteiger partial charge in [0.15, 0.2) is 5.76 Å². The second-order valence-corrected chi connectivity index (χ2v) is 5.15. The number of carbonyl (C=O) groups excluding carboxylic acids is 1. The molecule has 1 saturated heterocycles. The Balaban J connectivity index is 1.68. The maximum atomic E-state index is 12.2. The van der Waals surface area contributed by atoms with Crippen LogP contribution in [0.5, 0.6) is 0 Å². The first-order valence-electron chi connectivity index (χ1n) is 7.15. The van der Waals surface area contributed by atoms with Gasteiger partial charge in [0.05, 0.1) is 23.6 Å². The first-order chi connectivity index (χ1) is 10.2. The molecule has 1 fully saturated rings. The smallest absolute Gasteiger partial charge is 0.253 e. The first kappa shape index (κ1) is 13.8. The summed E-state index contributed by atoms with van der Waals surface area (Å²) < 4.78 is 10.8. The Kier molecular flexibility index (Phi) is 4.01. The van der Waals surface area contributed by atoms with Gasteiger partial charge in [-0.2, -0.15) is 0 Å². The molecule has 1 unspecified atom stereocenters. The van der Waals surface area contributed by atoms with Gasteiger partial charge in [0.2, 0.25) is 0 Å². The van der Waals surface area contributed by atoms with Gasteiger partial charge in [-0.05, 0) is 44.0 Å². The molecule has 1 aliphatic heterocycles. The molecule has 3 rings (SSSR count). The van der Waals surface area contributed by atoms with Crippen LogP contribution in [0.25, 0.3) is 11.5 Å². The number of ether oxygens (including phenoxy) is 1. The van der Waals surface area contributed by atoms with Crippen molar-refractivity contribution in [3.05, 3.63) is 41.8 Å². The van der Waals surface area contributed by atoms with Gasteiger partial charge in [-0.3, -0.25) is 4.79 Å². The number of nitrogens with one attached hydrogen (secondary N) is 1. The Morgan fingerprint density at radius 3 is 3.00 bits per heavy atom. The van der Waals surface area contributed by atoms with Crippen LogP contribution in [0.15, 0.2) is 34.9 Å². The lowest BCUT2D eigenvalue weighted by Crippen LogP contribution is -2.32. The zero-order valence-corrected chi connectivity index (χ0v) is 12.0. The minimum absolute atomic E-state index is 0.110. The topological polar surface area (TPSA) is 64.4 Å². The molecule has 110 valence electrons. The fourth-order valence-electron chi connectivity index (χ4n) is 2.47. The Hall–Kier alpha value is -2.14. The van der Waals surface area contributed by atoms with E-state index in [1.165, 1.54) is 0 Å². The highest BCUT2D eigenvalue weighted by molar-refractivity contribution is 5.95. The standard InChI is InChI=1S/C16H18N2O3/c1-11-13(16(19)17-10-12-4-2-8-20-12)6-7-14(18-11)15-5-3-9-21-15/h3,5-7,9,12H,2,4,8,10H2,1H3,(H,17,19). The fraction of sp³-hybridized carbons (Fsp3) is 0.375. The van der Waals surface area contributed by atoms with E-state index in [2.05, 4.69) is 10.3 Å². The second kappa shape index (κ2) is 6.10. The van der Waals surface area contributed by atoms with Gasteiger partial charge < -0.3 is 14.5 Å². The summed E-state index contributed by atoms with van der Waals surface area (Å²) in [5.74, 6) is 0.589. The van der Waals surface area contributed by atoms with Crippen molar-refractivity contribution in [2.75, 3.05) is 13.2 Å². The quantitative estimate of drug-likeness (QED) is 0.938. The van der Waals surface area contributed by atoms with Gasteiger partial charge in [-0.25, -0.2) is 4.98 Å². The highest BCUT2D eigenvalue weighted by atomic mass is 16.5. The van der Waals surface area contributed by atoms with Crippen molar-refractivity contribution < 1.29 is 13.9 Å². The molecule has 1 N–H and O–H groups in total. The van der Waals surface area contributed by atoms with E-state index < -0.39 is 0 Å². The van der Waals surface area contributed by atoms with E-state index in [9.17, 15) is 4.79 Å². The van der Waals surface area contributed by atoms with E-state index in [1.54, 1.807) is 18.4 Å². The fourth-order valence-corrected chi connectivity index (χ4v) is 2.47. The lowest BCUT2D eigenvalue weighted by molar-refractivity contribution is 0.0857. The summed E-state index contributed by atoms with van der Waals surface area (Å²) in [5, 5.41) is 2.91. The lowest BCUT2D eigenvalue weighted by atomic mass is 10.1. The zero-order valence-electron chi connectivity index (χ0n) is 12.0. The summed E-state index contributed by atoms with van der Waals surface area (Å²) in [6.07, 6.45) is 3.83. The van der Waals surface area contributed by atoms with Crippen LogP contribution in [-0.4, -0.2) is 30.1 Å². The number of pyridine rings is 1. The highest BCUT2D eigenvalue weighted by Gasteiger charge is 2.18. The molecule has 0 aliphatic carbocycles. The van der Waals surface area contributed by atoms with E-state index >= 15 is 0 Å². The molecule has 0 radical (unpaired) electrons. The Morgan fingerprint density at radius 2 is 2.33 bits per heavy atom. The van der Waals surface area contributed by atoms with Crippen LogP contribution in [-0.2, 0) is 4.74 Å². The molecule has 0 aromatic carbocycles. The summed E-state index contributed by atoms with van der Waals surface area (Å²) in [7, 11) is 0. The highest BCUT2D eigenvalue weighted by Crippen LogP contribution is 2.19. The van der Waals surface area contributed by atoms with Gasteiger partial charge in [0, 0.05) is 13.2 Å². The maximum absolute atomic E-state index is 12.2. The molecule has 0 spiro atoms. The van der Waals surface area contributed by atoms with Crippen LogP contribution in [0.3, 0.4) is 0 Å². The average molecular weight is 286 g/mol. The number of aromatic nitrogens is 1. The number of furan rings is 1. The molecule has 3 heterocycles. The van der Waals surface area contributed by atoms with Gasteiger partial charge in [0.1, 0.15) is 5.69 Å². The van der Waals surface area contributed by atoms with E-state index in [-0.39, 0.29) is 12.0 Å². The number of hydrogen-bond acceptors (Lipinski definition) is 4. The number of hydrogen-bond donors (Lipinski definition) is 1. The molecular weight excluding hydrogens is 268 g/mol. The van der Waals surface area contributed by atoms with Crippen LogP contribution >= 0.6 is 0 Å². The molecule has 21 heavy (non-hydrogen) atoms. The van der Waals surface area contributed by atoms with Gasteiger partial charge in [-0.1, -0.05) is 0 Å². The second-order valence-electron chi connectivity index (χ2n) is 5.15. The normalized spacial score (nSPS) is 17.9. The number of aryl methyl sites for hydroxylation is 1. The summed E-state index contributed by atoms with van der Waals surface area (Å²) in [4.78, 5) is 16.6. The van der Waals surface area contributed by atoms with Crippen molar-refractivity contribution in [1.82, 2.24) is 10.3 Å². The van der Waals surface area contributed by atoms with Crippen molar-refractivity contribution in [3.63, 3.8) is 0 Å². The maximum Gasteiger partial charge on any atom is 0.253 e. The van der Waals surface area contributed by atoms with E-state index in [4.69, 9.17) is 9.15 Å². The molecule has 2 aromatic heterocycles.